The Bertz CT molecular complexity index is 657. The lowest BCUT2D eigenvalue weighted by molar-refractivity contribution is -0.387. The molecule has 1 N–H and O–H groups in total. The molecule has 0 saturated carbocycles. The van der Waals surface area contributed by atoms with E-state index in [1.807, 2.05) is 5.32 Å². The van der Waals surface area contributed by atoms with Crippen LogP contribution >= 0.6 is 0 Å². The number of rotatable bonds is 4. The number of amides is 1. The fourth-order valence-electron chi connectivity index (χ4n) is 1.83. The van der Waals surface area contributed by atoms with Crippen molar-refractivity contribution in [3.8, 4) is 0 Å². The van der Waals surface area contributed by atoms with Crippen molar-refractivity contribution in [1.29, 1.82) is 0 Å². The number of alkyl carbamates (subject to hydrolysis) is 1. The van der Waals surface area contributed by atoms with Crippen molar-refractivity contribution in [2.45, 2.75) is 38.8 Å². The van der Waals surface area contributed by atoms with Gasteiger partial charge in [-0.05, 0) is 33.8 Å². The summed E-state index contributed by atoms with van der Waals surface area (Å²) in [6.07, 6.45) is -1.03. The van der Waals surface area contributed by atoms with Crippen LogP contribution in [0.3, 0.4) is 0 Å². The fourth-order valence-corrected chi connectivity index (χ4v) is 1.83. The Balaban J connectivity index is 3.34. The summed E-state index contributed by atoms with van der Waals surface area (Å²) in [6.45, 7) is 5.67. The van der Waals surface area contributed by atoms with E-state index in [9.17, 15) is 28.5 Å². The Labute approximate surface area is 130 Å². The van der Waals surface area contributed by atoms with E-state index in [1.54, 1.807) is 20.8 Å². The minimum absolute atomic E-state index is 0.0716. The van der Waals surface area contributed by atoms with Crippen LogP contribution in [0.4, 0.5) is 19.3 Å². The second-order valence-electron chi connectivity index (χ2n) is 5.96. The molecule has 1 aromatic rings. The largest absolute Gasteiger partial charge is 0.444 e. The second kappa shape index (κ2) is 6.27. The number of nitrogens with zero attached hydrogens (tertiary/aromatic N) is 1. The number of benzene rings is 1. The number of aldehydes is 1. The Morgan fingerprint density at radius 3 is 2.30 bits per heavy atom. The summed E-state index contributed by atoms with van der Waals surface area (Å²) >= 11 is 0. The van der Waals surface area contributed by atoms with Crippen molar-refractivity contribution < 1.29 is 28.0 Å². The summed E-state index contributed by atoms with van der Waals surface area (Å²) in [7, 11) is 0. The van der Waals surface area contributed by atoms with Gasteiger partial charge in [0.05, 0.1) is 10.5 Å². The lowest BCUT2D eigenvalue weighted by atomic mass is 9.92. The molecule has 0 aliphatic heterocycles. The lowest BCUT2D eigenvalue weighted by Crippen LogP contribution is -2.48. The third-order valence-corrected chi connectivity index (χ3v) is 2.78. The smallest absolute Gasteiger partial charge is 0.408 e. The van der Waals surface area contributed by atoms with E-state index >= 15 is 0 Å². The molecule has 1 rings (SSSR count). The fraction of sp³-hybridized carbons (Fsp3) is 0.429. The number of carbonyl (C=O) groups excluding carboxylic acids is 2. The molecule has 1 unspecified atom stereocenters. The van der Waals surface area contributed by atoms with Gasteiger partial charge in [-0.15, -0.1) is 0 Å². The van der Waals surface area contributed by atoms with E-state index < -0.39 is 45.0 Å². The minimum atomic E-state index is -2.18. The van der Waals surface area contributed by atoms with Crippen molar-refractivity contribution in [3.63, 3.8) is 0 Å². The summed E-state index contributed by atoms with van der Waals surface area (Å²) in [5, 5.41) is 12.8. The van der Waals surface area contributed by atoms with Crippen LogP contribution in [0.1, 0.15) is 33.3 Å². The van der Waals surface area contributed by atoms with Crippen molar-refractivity contribution in [3.05, 3.63) is 39.4 Å². The maximum Gasteiger partial charge on any atom is 0.408 e. The molecule has 0 aromatic heterocycles. The number of nitro groups is 1. The van der Waals surface area contributed by atoms with E-state index in [-0.39, 0.29) is 6.29 Å². The van der Waals surface area contributed by atoms with Gasteiger partial charge in [-0.3, -0.25) is 10.1 Å². The highest BCUT2D eigenvalue weighted by Crippen LogP contribution is 2.31. The maximum atomic E-state index is 14.2. The van der Waals surface area contributed by atoms with Crippen LogP contribution in [0.2, 0.25) is 0 Å². The molecule has 23 heavy (non-hydrogen) atoms. The highest BCUT2D eigenvalue weighted by atomic mass is 19.1. The first kappa shape index (κ1) is 18.5. The predicted octanol–water partition coefficient (Wildman–Crippen LogP) is 2.81. The first-order valence-electron chi connectivity index (χ1n) is 6.51. The number of nitrogens with one attached hydrogen (secondary N) is 1. The zero-order chi connectivity index (χ0) is 18.0. The highest BCUT2D eigenvalue weighted by molar-refractivity contribution is 5.78. The van der Waals surface area contributed by atoms with E-state index in [0.29, 0.717) is 12.1 Å². The number of halogens is 2. The summed E-state index contributed by atoms with van der Waals surface area (Å²) in [5.74, 6) is -2.75. The Morgan fingerprint density at radius 1 is 1.30 bits per heavy atom. The molecule has 1 atom stereocenters. The number of hydrogen-bond acceptors (Lipinski definition) is 5. The summed E-state index contributed by atoms with van der Waals surface area (Å²) in [4.78, 5) is 32.8. The standard InChI is InChI=1S/C14H16F2N2O5/c1-13(2,3)23-12(20)17-14(4,7-19)10-8(15)5-6-9(11(10)16)18(21)22/h5-7H,1-4H3,(H,17,20). The molecule has 1 amide bonds. The molecule has 0 saturated heterocycles. The van der Waals surface area contributed by atoms with Crippen molar-refractivity contribution in [1.82, 2.24) is 5.32 Å². The minimum Gasteiger partial charge on any atom is -0.444 e. The quantitative estimate of drug-likeness (QED) is 0.520. The number of hydrogen-bond donors (Lipinski definition) is 1. The Kier molecular flexibility index (Phi) is 5.03. The molecule has 0 heterocycles. The van der Waals surface area contributed by atoms with Gasteiger partial charge in [-0.2, -0.15) is 4.39 Å². The summed E-state index contributed by atoms with van der Waals surface area (Å²) < 4.78 is 33.1. The van der Waals surface area contributed by atoms with Crippen molar-refractivity contribution in [2.75, 3.05) is 0 Å². The molecule has 0 radical (unpaired) electrons. The zero-order valence-corrected chi connectivity index (χ0v) is 13.0. The molecular formula is C14H16F2N2O5. The van der Waals surface area contributed by atoms with Crippen LogP contribution in [-0.2, 0) is 15.1 Å². The molecule has 1 aromatic carbocycles. The zero-order valence-electron chi connectivity index (χ0n) is 13.0. The molecule has 7 nitrogen and oxygen atoms in total. The van der Waals surface area contributed by atoms with Crippen LogP contribution in [0, 0.1) is 21.7 Å². The summed E-state index contributed by atoms with van der Waals surface area (Å²) in [6, 6.07) is 1.28. The predicted molar refractivity (Wildman–Crippen MR) is 75.8 cm³/mol. The first-order valence-corrected chi connectivity index (χ1v) is 6.51. The van der Waals surface area contributed by atoms with E-state index in [1.165, 1.54) is 0 Å². The maximum absolute atomic E-state index is 14.2. The molecular weight excluding hydrogens is 314 g/mol. The van der Waals surface area contributed by atoms with E-state index in [2.05, 4.69) is 0 Å². The van der Waals surface area contributed by atoms with Gasteiger partial charge in [0.15, 0.2) is 0 Å². The summed E-state index contributed by atoms with van der Waals surface area (Å²) in [5.41, 5.74) is -5.04. The van der Waals surface area contributed by atoms with Crippen LogP contribution in [0.15, 0.2) is 12.1 Å². The van der Waals surface area contributed by atoms with E-state index in [0.717, 1.165) is 6.92 Å². The first-order chi connectivity index (χ1) is 10.4. The topological polar surface area (TPSA) is 98.5 Å². The molecule has 0 aliphatic carbocycles. The number of nitro benzene ring substituents is 1. The average Bonchev–Trinajstić information content (AvgIpc) is 2.35. The number of carbonyl (C=O) groups is 2. The van der Waals surface area contributed by atoms with Gasteiger partial charge in [0.2, 0.25) is 5.82 Å². The van der Waals surface area contributed by atoms with Gasteiger partial charge in [-0.25, -0.2) is 9.18 Å². The third kappa shape index (κ3) is 4.21. The van der Waals surface area contributed by atoms with Gasteiger partial charge < -0.3 is 14.8 Å². The molecule has 0 fully saturated rings. The van der Waals surface area contributed by atoms with Gasteiger partial charge in [-0.1, -0.05) is 0 Å². The van der Waals surface area contributed by atoms with Gasteiger partial charge in [0.1, 0.15) is 23.2 Å². The molecule has 0 bridgehead atoms. The molecule has 9 heteroatoms. The Hall–Kier alpha value is -2.58. The second-order valence-corrected chi connectivity index (χ2v) is 5.96. The van der Waals surface area contributed by atoms with Gasteiger partial charge in [0, 0.05) is 6.07 Å². The normalized spacial score (nSPS) is 13.8. The van der Waals surface area contributed by atoms with Crippen molar-refractivity contribution in [2.24, 2.45) is 0 Å². The Morgan fingerprint density at radius 2 is 1.87 bits per heavy atom. The SMILES string of the molecule is CC(C)(C)OC(=O)NC(C)(C=O)c1c(F)ccc([N+](=O)[O-])c1F. The van der Waals surface area contributed by atoms with Gasteiger partial charge >= 0.3 is 11.8 Å². The van der Waals surface area contributed by atoms with E-state index in [4.69, 9.17) is 4.74 Å². The molecule has 126 valence electrons. The van der Waals surface area contributed by atoms with Crippen LogP contribution in [0.25, 0.3) is 0 Å². The average molecular weight is 330 g/mol. The molecule has 0 aliphatic rings. The van der Waals surface area contributed by atoms with Crippen molar-refractivity contribution >= 4 is 18.1 Å². The number of ether oxygens (including phenoxy) is 1. The van der Waals surface area contributed by atoms with Crippen LogP contribution < -0.4 is 5.32 Å². The van der Waals surface area contributed by atoms with Crippen LogP contribution in [-0.4, -0.2) is 22.9 Å². The third-order valence-electron chi connectivity index (χ3n) is 2.78. The van der Waals surface area contributed by atoms with Gasteiger partial charge in [0.25, 0.3) is 0 Å². The lowest BCUT2D eigenvalue weighted by Gasteiger charge is -2.28. The monoisotopic (exact) mass is 330 g/mol. The highest BCUT2D eigenvalue weighted by Gasteiger charge is 2.38. The van der Waals surface area contributed by atoms with Crippen LogP contribution in [0.5, 0.6) is 0 Å². The molecule has 0 spiro atoms.